The smallest absolute Gasteiger partial charge is 0.141 e. The second-order valence-corrected chi connectivity index (χ2v) is 9.00. The molecule has 0 spiro atoms. The predicted molar refractivity (Wildman–Crippen MR) is 138 cm³/mol. The van der Waals surface area contributed by atoms with Gasteiger partial charge in [-0.1, -0.05) is 12.1 Å². The molecule has 0 aliphatic carbocycles. The van der Waals surface area contributed by atoms with E-state index in [1.165, 1.54) is 18.3 Å². The average Bonchev–Trinajstić information content (AvgIpc) is 3.58. The zero-order chi connectivity index (χ0) is 24.5. The molecule has 1 aliphatic rings. The third kappa shape index (κ3) is 3.96. The van der Waals surface area contributed by atoms with E-state index in [9.17, 15) is 9.65 Å². The lowest BCUT2D eigenvalue weighted by atomic mass is 9.94. The lowest BCUT2D eigenvalue weighted by Crippen LogP contribution is -2.18. The summed E-state index contributed by atoms with van der Waals surface area (Å²) < 4.78 is 17.0. The van der Waals surface area contributed by atoms with Crippen LogP contribution in [0.2, 0.25) is 0 Å². The minimum atomic E-state index is -0.552. The summed E-state index contributed by atoms with van der Waals surface area (Å²) in [5.41, 5.74) is 5.62. The summed E-state index contributed by atoms with van der Waals surface area (Å²) in [6.07, 6.45) is 6.42. The molecule has 5 rings (SSSR count). The van der Waals surface area contributed by atoms with Crippen molar-refractivity contribution >= 4 is 22.8 Å². The van der Waals surface area contributed by atoms with Crippen LogP contribution in [0.15, 0.2) is 54.9 Å². The topological polar surface area (TPSA) is 89.5 Å². The third-order valence-electron chi connectivity index (χ3n) is 7.13. The van der Waals surface area contributed by atoms with Crippen LogP contribution in [0, 0.1) is 28.5 Å². The molecule has 35 heavy (non-hydrogen) atoms. The van der Waals surface area contributed by atoms with Gasteiger partial charge in [-0.25, -0.2) is 4.39 Å². The number of hydrogen-bond donors (Lipinski definition) is 3. The number of anilines is 1. The summed E-state index contributed by atoms with van der Waals surface area (Å²) in [7, 11) is 1.82. The van der Waals surface area contributed by atoms with Gasteiger partial charge in [0, 0.05) is 53.3 Å². The van der Waals surface area contributed by atoms with Crippen molar-refractivity contribution in [2.75, 3.05) is 25.5 Å². The Balaban J connectivity index is 1.74. The van der Waals surface area contributed by atoms with Crippen molar-refractivity contribution in [1.82, 2.24) is 14.9 Å². The maximum Gasteiger partial charge on any atom is 0.141 e. The first-order valence-electron chi connectivity index (χ1n) is 11.8. The van der Waals surface area contributed by atoms with E-state index < -0.39 is 5.82 Å². The summed E-state index contributed by atoms with van der Waals surface area (Å²) in [6, 6.07) is 14.8. The summed E-state index contributed by atoms with van der Waals surface area (Å²) in [5.74, 6) is -0.0196. The number of nitrogens with one attached hydrogen (secondary N) is 3. The van der Waals surface area contributed by atoms with Gasteiger partial charge in [0.1, 0.15) is 11.9 Å². The first kappa shape index (κ1) is 22.8. The highest BCUT2D eigenvalue weighted by molar-refractivity contribution is 6.02. The molecule has 0 saturated carbocycles. The molecule has 1 saturated heterocycles. The van der Waals surface area contributed by atoms with Crippen molar-refractivity contribution in [3.8, 4) is 28.5 Å². The normalized spacial score (nSPS) is 16.2. The molecule has 3 heterocycles. The molecular weight excluding hydrogens is 439 g/mol. The van der Waals surface area contributed by atoms with Crippen LogP contribution in [-0.2, 0) is 0 Å². The highest BCUT2D eigenvalue weighted by Gasteiger charge is 2.25. The Morgan fingerprint density at radius 2 is 2.09 bits per heavy atom. The fourth-order valence-electron chi connectivity index (χ4n) is 5.13. The number of hydrogen-bond acceptors (Lipinski definition) is 5. The summed E-state index contributed by atoms with van der Waals surface area (Å²) in [5, 5.41) is 24.6. The van der Waals surface area contributed by atoms with Gasteiger partial charge >= 0.3 is 0 Å². The van der Waals surface area contributed by atoms with Crippen molar-refractivity contribution in [1.29, 1.82) is 10.7 Å². The van der Waals surface area contributed by atoms with E-state index >= 15 is 0 Å². The lowest BCUT2D eigenvalue weighted by molar-refractivity contribution is 0.388. The van der Waals surface area contributed by atoms with Crippen LogP contribution in [0.4, 0.5) is 10.1 Å². The van der Waals surface area contributed by atoms with E-state index in [2.05, 4.69) is 34.4 Å². The summed E-state index contributed by atoms with van der Waals surface area (Å²) in [6.45, 7) is 4.26. The molecule has 1 fully saturated rings. The second kappa shape index (κ2) is 9.32. The van der Waals surface area contributed by atoms with Crippen molar-refractivity contribution in [3.63, 3.8) is 0 Å². The van der Waals surface area contributed by atoms with Crippen LogP contribution in [-0.4, -0.2) is 35.9 Å². The van der Waals surface area contributed by atoms with Crippen molar-refractivity contribution in [2.45, 2.75) is 19.4 Å². The molecule has 7 heteroatoms. The highest BCUT2D eigenvalue weighted by Crippen LogP contribution is 2.40. The summed E-state index contributed by atoms with van der Waals surface area (Å²) in [4.78, 5) is 4.88. The van der Waals surface area contributed by atoms with E-state index in [-0.39, 0.29) is 5.56 Å². The molecule has 0 amide bonds. The maximum atomic E-state index is 14.7. The monoisotopic (exact) mass is 466 g/mol. The van der Waals surface area contributed by atoms with Crippen LogP contribution in [0.25, 0.3) is 33.3 Å². The quantitative estimate of drug-likeness (QED) is 0.323. The number of nitriles is 1. The molecule has 2 aromatic heterocycles. The Hall–Kier alpha value is -4.02. The second-order valence-electron chi connectivity index (χ2n) is 9.00. The molecule has 2 atom stereocenters. The minimum absolute atomic E-state index is 0.0137. The third-order valence-corrected chi connectivity index (χ3v) is 7.13. The average molecular weight is 467 g/mol. The Morgan fingerprint density at radius 3 is 2.77 bits per heavy atom. The lowest BCUT2D eigenvalue weighted by Gasteiger charge is -2.22. The number of rotatable bonds is 6. The van der Waals surface area contributed by atoms with Gasteiger partial charge in [0.2, 0.25) is 0 Å². The number of halogens is 1. The van der Waals surface area contributed by atoms with Crippen molar-refractivity contribution in [3.05, 3.63) is 71.8 Å². The standard InChI is InChI=1S/C28H27FN6/c1-17(21-7-9-33-15-21)35-10-8-23-26(35)16-34-28(19-5-6-25(32-2)22(11-19)14-31)27(23)18-3-4-20(13-30)24(29)12-18/h3-6,8,10-12,14,16-17,21,31-33H,7,9,15H2,1-2H3. The molecule has 0 radical (unpaired) electrons. The van der Waals surface area contributed by atoms with Crippen LogP contribution < -0.4 is 10.6 Å². The highest BCUT2D eigenvalue weighted by atomic mass is 19.1. The molecular formula is C28H27FN6. The first-order valence-corrected chi connectivity index (χ1v) is 11.8. The fourth-order valence-corrected chi connectivity index (χ4v) is 5.13. The molecule has 3 N–H and O–H groups in total. The number of fused-ring (bicyclic) bond motifs is 1. The summed E-state index contributed by atoms with van der Waals surface area (Å²) >= 11 is 0. The maximum absolute atomic E-state index is 14.7. The van der Waals surface area contributed by atoms with E-state index in [1.807, 2.05) is 37.5 Å². The molecule has 6 nitrogen and oxygen atoms in total. The van der Waals surface area contributed by atoms with Crippen molar-refractivity contribution in [2.24, 2.45) is 5.92 Å². The first-order chi connectivity index (χ1) is 17.0. The van der Waals surface area contributed by atoms with Gasteiger partial charge in [0.05, 0.1) is 23.0 Å². The van der Waals surface area contributed by atoms with E-state index in [1.54, 1.807) is 6.07 Å². The minimum Gasteiger partial charge on any atom is -0.388 e. The zero-order valence-corrected chi connectivity index (χ0v) is 19.8. The molecule has 2 unspecified atom stereocenters. The molecule has 4 aromatic rings. The Kier molecular flexibility index (Phi) is 6.06. The Bertz CT molecular complexity index is 1460. The van der Waals surface area contributed by atoms with Crippen LogP contribution in [0.5, 0.6) is 0 Å². The van der Waals surface area contributed by atoms with Gasteiger partial charge < -0.3 is 20.6 Å². The Labute approximate surface area is 203 Å². The number of benzene rings is 2. The van der Waals surface area contributed by atoms with Crippen LogP contribution in [0.1, 0.15) is 30.5 Å². The molecule has 0 bridgehead atoms. The van der Waals surface area contributed by atoms with E-state index in [4.69, 9.17) is 10.4 Å². The van der Waals surface area contributed by atoms with Crippen molar-refractivity contribution < 1.29 is 4.39 Å². The molecule has 1 aliphatic heterocycles. The SMILES string of the molecule is CNc1ccc(-c2ncc3c(ccn3C(C)C3CCNC3)c2-c2ccc(C#N)c(F)c2)cc1C=N. The fraction of sp³-hybridized carbons (Fsp3) is 0.250. The number of nitrogens with zero attached hydrogens (tertiary/aromatic N) is 3. The van der Waals surface area contributed by atoms with Crippen LogP contribution in [0.3, 0.4) is 0 Å². The van der Waals surface area contributed by atoms with Gasteiger partial charge in [-0.05, 0) is 68.2 Å². The number of aromatic nitrogens is 2. The largest absolute Gasteiger partial charge is 0.388 e. The molecule has 176 valence electrons. The van der Waals surface area contributed by atoms with E-state index in [0.717, 1.165) is 52.8 Å². The Morgan fingerprint density at radius 1 is 1.26 bits per heavy atom. The van der Waals surface area contributed by atoms with Gasteiger partial charge in [-0.2, -0.15) is 5.26 Å². The van der Waals surface area contributed by atoms with Crippen LogP contribution >= 0.6 is 0 Å². The van der Waals surface area contributed by atoms with Gasteiger partial charge in [-0.3, -0.25) is 4.98 Å². The number of pyridine rings is 1. The van der Waals surface area contributed by atoms with Gasteiger partial charge in [0.15, 0.2) is 0 Å². The zero-order valence-electron chi connectivity index (χ0n) is 19.8. The predicted octanol–water partition coefficient (Wildman–Crippen LogP) is 5.59. The van der Waals surface area contributed by atoms with Gasteiger partial charge in [0.25, 0.3) is 0 Å². The van der Waals surface area contributed by atoms with E-state index in [0.29, 0.717) is 23.2 Å². The molecule has 2 aromatic carbocycles. The van der Waals surface area contributed by atoms with Gasteiger partial charge in [-0.15, -0.1) is 0 Å².